The van der Waals surface area contributed by atoms with E-state index in [9.17, 15) is 0 Å². The number of halogens is 2. The van der Waals surface area contributed by atoms with Crippen LogP contribution in [0.4, 0.5) is 0 Å². The molecule has 2 aliphatic carbocycles. The molecule has 3 aromatic heterocycles. The largest absolute Gasteiger partial charge is 0.172 e. The molecule has 10 rings (SSSR count). The van der Waals surface area contributed by atoms with Gasteiger partial charge in [-0.15, -0.1) is 22.7 Å². The highest BCUT2D eigenvalue weighted by atomic mass is 79.9. The number of unbranched alkanes of at least 4 members (excludes halogenated alkanes) is 12. The highest BCUT2D eigenvalue weighted by Crippen LogP contribution is 2.58. The average molecular weight is 1120 g/mol. The topological polar surface area (TPSA) is 25.8 Å². The van der Waals surface area contributed by atoms with Gasteiger partial charge >= 0.3 is 0 Å². The summed E-state index contributed by atoms with van der Waals surface area (Å²) in [5, 5.41) is 0. The Morgan fingerprint density at radius 1 is 0.352 bits per heavy atom. The van der Waals surface area contributed by atoms with Crippen LogP contribution >= 0.6 is 66.3 Å². The van der Waals surface area contributed by atoms with E-state index in [-0.39, 0.29) is 10.8 Å². The molecule has 0 saturated heterocycles. The molecule has 71 heavy (non-hydrogen) atoms. The van der Waals surface area contributed by atoms with Crippen molar-refractivity contribution >= 4 is 77.3 Å². The molecule has 368 valence electrons. The number of thiophene rings is 2. The van der Waals surface area contributed by atoms with Crippen LogP contribution in [0.15, 0.2) is 118 Å². The van der Waals surface area contributed by atoms with Crippen LogP contribution in [0.2, 0.25) is 0 Å². The van der Waals surface area contributed by atoms with E-state index < -0.39 is 0 Å². The molecule has 8 aromatic rings. The summed E-state index contributed by atoms with van der Waals surface area (Å²) in [6, 6.07) is 42.8. The standard InChI is InChI=1S/C64H70Br2N2S3/c1-5-9-13-17-35-63(36-18-14-10-6-2)53-39-43(21-25-47(53)49-27-23-45(65)41-55(49)63)57-31-33-59(69-57)51-29-30-52(62-61(51)67-71-68-62)60-34-32-58(70-60)44-22-26-48-50-28-24-46(66)42-56(50)64(54(48)40-44,37-19-15-11-7-3)38-20-16-12-8-4/h21-34,39-42H,5-20,35-38H2,1-4H3. The Bertz CT molecular complexity index is 2890. The molecule has 0 bridgehead atoms. The maximum Gasteiger partial charge on any atom is 0.114 e. The van der Waals surface area contributed by atoms with Crippen LogP contribution in [0.5, 0.6) is 0 Å². The van der Waals surface area contributed by atoms with Gasteiger partial charge in [0.1, 0.15) is 11.0 Å². The quantitative estimate of drug-likeness (QED) is 0.0564. The number of nitrogens with zero attached hydrogens (tertiary/aromatic N) is 2. The second-order valence-corrected chi connectivity index (χ2v) is 25.3. The number of benzene rings is 5. The summed E-state index contributed by atoms with van der Waals surface area (Å²) in [4.78, 5) is 5.11. The Labute approximate surface area is 453 Å². The third kappa shape index (κ3) is 10.0. The molecule has 0 radical (unpaired) electrons. The third-order valence-corrected chi connectivity index (χ3v) is 20.1. The van der Waals surface area contributed by atoms with Crippen LogP contribution in [0.25, 0.3) is 75.0 Å². The van der Waals surface area contributed by atoms with E-state index in [1.165, 1.54) is 224 Å². The fourth-order valence-electron chi connectivity index (χ4n) is 12.5. The van der Waals surface area contributed by atoms with Crippen LogP contribution in [-0.2, 0) is 10.8 Å². The molecule has 7 heteroatoms. The summed E-state index contributed by atoms with van der Waals surface area (Å²) >= 11 is 12.9. The van der Waals surface area contributed by atoms with E-state index >= 15 is 0 Å². The van der Waals surface area contributed by atoms with Gasteiger partial charge < -0.3 is 0 Å². The summed E-state index contributed by atoms with van der Waals surface area (Å²) in [6.45, 7) is 9.30. The first kappa shape index (κ1) is 50.8. The summed E-state index contributed by atoms with van der Waals surface area (Å²) in [7, 11) is 0. The zero-order chi connectivity index (χ0) is 49.0. The monoisotopic (exact) mass is 1120 g/mol. The SMILES string of the molecule is CCCCCCC1(CCCCCC)c2cc(Br)ccc2-c2ccc(-c3ccc(-c4ccc(-c5ccc(-c6ccc7c(c6)C(CCCCCC)(CCCCCC)c6cc(Br)ccc6-7)s5)c5nsnc45)s3)cc21. The molecule has 0 spiro atoms. The van der Waals surface area contributed by atoms with Gasteiger partial charge in [0.2, 0.25) is 0 Å². The predicted molar refractivity (Wildman–Crippen MR) is 318 cm³/mol. The molecule has 0 fully saturated rings. The molecule has 3 heterocycles. The van der Waals surface area contributed by atoms with Gasteiger partial charge in [0.15, 0.2) is 0 Å². The maximum atomic E-state index is 5.00. The Balaban J connectivity index is 0.954. The molecule has 0 aliphatic heterocycles. The lowest BCUT2D eigenvalue weighted by molar-refractivity contribution is 0.401. The fourth-order valence-corrected chi connectivity index (χ4v) is 15.9. The van der Waals surface area contributed by atoms with E-state index in [0.29, 0.717) is 0 Å². The summed E-state index contributed by atoms with van der Waals surface area (Å²) in [5.41, 5.74) is 18.9. The smallest absolute Gasteiger partial charge is 0.114 e. The molecular formula is C64H70Br2N2S3. The van der Waals surface area contributed by atoms with Crippen molar-refractivity contribution < 1.29 is 0 Å². The highest BCUT2D eigenvalue weighted by Gasteiger charge is 2.44. The predicted octanol–water partition coefficient (Wildman–Crippen LogP) is 22.4. The van der Waals surface area contributed by atoms with Crippen molar-refractivity contribution in [2.24, 2.45) is 0 Å². The van der Waals surface area contributed by atoms with Crippen LogP contribution < -0.4 is 0 Å². The second kappa shape index (κ2) is 22.8. The van der Waals surface area contributed by atoms with E-state index in [1.54, 1.807) is 11.1 Å². The van der Waals surface area contributed by atoms with E-state index in [4.69, 9.17) is 8.75 Å². The van der Waals surface area contributed by atoms with Gasteiger partial charge in [0.25, 0.3) is 0 Å². The number of rotatable bonds is 24. The van der Waals surface area contributed by atoms with Gasteiger partial charge in [0.05, 0.1) is 11.7 Å². The van der Waals surface area contributed by atoms with E-state index in [0.717, 1.165) is 11.0 Å². The number of hydrogen-bond acceptors (Lipinski definition) is 5. The summed E-state index contributed by atoms with van der Waals surface area (Å²) in [5.74, 6) is 0. The molecule has 0 unspecified atom stereocenters. The van der Waals surface area contributed by atoms with Crippen molar-refractivity contribution in [3.8, 4) is 64.0 Å². The maximum absolute atomic E-state index is 5.00. The molecular weight excluding hydrogens is 1050 g/mol. The van der Waals surface area contributed by atoms with Crippen molar-refractivity contribution in [3.63, 3.8) is 0 Å². The van der Waals surface area contributed by atoms with Crippen molar-refractivity contribution in [2.45, 2.75) is 167 Å². The van der Waals surface area contributed by atoms with Gasteiger partial charge in [-0.3, -0.25) is 0 Å². The van der Waals surface area contributed by atoms with Crippen molar-refractivity contribution in [1.82, 2.24) is 8.75 Å². The summed E-state index contributed by atoms with van der Waals surface area (Å²) in [6.07, 6.45) is 25.4. The Morgan fingerprint density at radius 2 is 0.676 bits per heavy atom. The molecule has 0 amide bonds. The van der Waals surface area contributed by atoms with Crippen LogP contribution in [-0.4, -0.2) is 8.75 Å². The average Bonchev–Trinajstić information content (AvgIpc) is 4.25. The Hall–Kier alpha value is -3.72. The van der Waals surface area contributed by atoms with E-state index in [2.05, 4.69) is 169 Å². The van der Waals surface area contributed by atoms with Gasteiger partial charge in [-0.25, -0.2) is 0 Å². The van der Waals surface area contributed by atoms with Crippen LogP contribution in [0.1, 0.15) is 178 Å². The zero-order valence-electron chi connectivity index (χ0n) is 42.4. The van der Waals surface area contributed by atoms with Crippen molar-refractivity contribution in [1.29, 1.82) is 0 Å². The highest BCUT2D eigenvalue weighted by molar-refractivity contribution is 9.10. The lowest BCUT2D eigenvalue weighted by Gasteiger charge is -2.33. The lowest BCUT2D eigenvalue weighted by atomic mass is 9.70. The minimum Gasteiger partial charge on any atom is -0.172 e. The van der Waals surface area contributed by atoms with Crippen LogP contribution in [0.3, 0.4) is 0 Å². The first-order chi connectivity index (χ1) is 34.8. The third-order valence-electron chi connectivity index (χ3n) is 16.2. The van der Waals surface area contributed by atoms with Gasteiger partial charge in [-0.2, -0.15) is 8.75 Å². The van der Waals surface area contributed by atoms with Gasteiger partial charge in [0, 0.05) is 50.4 Å². The van der Waals surface area contributed by atoms with E-state index in [1.807, 2.05) is 22.7 Å². The number of fused-ring (bicyclic) bond motifs is 7. The molecule has 0 N–H and O–H groups in total. The molecule has 0 atom stereocenters. The van der Waals surface area contributed by atoms with Gasteiger partial charge in [-0.05, 0) is 142 Å². The molecule has 2 aliphatic rings. The first-order valence-corrected chi connectivity index (χ1v) is 31.1. The summed E-state index contributed by atoms with van der Waals surface area (Å²) < 4.78 is 12.4. The van der Waals surface area contributed by atoms with Crippen molar-refractivity contribution in [2.75, 3.05) is 0 Å². The molecule has 0 saturated carbocycles. The lowest BCUT2D eigenvalue weighted by Crippen LogP contribution is -2.25. The number of hydrogen-bond donors (Lipinski definition) is 0. The minimum absolute atomic E-state index is 0.0400. The molecule has 5 aromatic carbocycles. The fraction of sp³-hybridized carbons (Fsp3) is 0.406. The normalized spacial score (nSPS) is 14.0. The van der Waals surface area contributed by atoms with Crippen molar-refractivity contribution in [3.05, 3.63) is 140 Å². The Kier molecular flexibility index (Phi) is 16.3. The second-order valence-electron chi connectivity index (χ2n) is 20.8. The van der Waals surface area contributed by atoms with Gasteiger partial charge in [-0.1, -0.05) is 211 Å². The zero-order valence-corrected chi connectivity index (χ0v) is 48.0. The van der Waals surface area contributed by atoms with Crippen LogP contribution in [0, 0.1) is 0 Å². The number of aromatic nitrogens is 2. The first-order valence-electron chi connectivity index (χ1n) is 27.2. The minimum atomic E-state index is 0.0400. The Morgan fingerprint density at radius 3 is 1.04 bits per heavy atom. The molecule has 2 nitrogen and oxygen atoms in total.